The van der Waals surface area contributed by atoms with Gasteiger partial charge in [-0.1, -0.05) is 0 Å². The van der Waals surface area contributed by atoms with Gasteiger partial charge in [0.1, 0.15) is 0 Å². The Balaban J connectivity index is 2.04. The van der Waals surface area contributed by atoms with E-state index in [0.29, 0.717) is 13.0 Å². The van der Waals surface area contributed by atoms with Crippen LogP contribution in [0.4, 0.5) is 11.5 Å². The molecule has 1 atom stereocenters. The van der Waals surface area contributed by atoms with Crippen LogP contribution in [0, 0.1) is 10.1 Å². The van der Waals surface area contributed by atoms with Crippen molar-refractivity contribution in [2.24, 2.45) is 0 Å². The number of pyridine rings is 1. The van der Waals surface area contributed by atoms with E-state index >= 15 is 0 Å². The average Bonchev–Trinajstić information content (AvgIpc) is 2.91. The van der Waals surface area contributed by atoms with Crippen LogP contribution in [0.15, 0.2) is 12.1 Å². The number of hydrogen-bond acceptors (Lipinski definition) is 6. The highest BCUT2D eigenvalue weighted by Gasteiger charge is 2.19. The van der Waals surface area contributed by atoms with Crippen LogP contribution in [0.2, 0.25) is 0 Å². The lowest BCUT2D eigenvalue weighted by molar-refractivity contribution is -0.384. The zero-order chi connectivity index (χ0) is 14.5. The summed E-state index contributed by atoms with van der Waals surface area (Å²) < 4.78 is 5.44. The molecule has 0 amide bonds. The number of carboxylic acid groups (broad SMARTS) is 1. The van der Waals surface area contributed by atoms with E-state index in [4.69, 9.17) is 9.84 Å². The van der Waals surface area contributed by atoms with Gasteiger partial charge in [0.2, 0.25) is 5.82 Å². The summed E-state index contributed by atoms with van der Waals surface area (Å²) in [6.07, 6.45) is 2.87. The van der Waals surface area contributed by atoms with Gasteiger partial charge in [0.05, 0.1) is 11.0 Å². The molecule has 0 aromatic carbocycles. The Kier molecular flexibility index (Phi) is 4.46. The molecular formula is C12H15N3O5. The molecule has 8 heteroatoms. The predicted octanol–water partition coefficient (Wildman–Crippen LogP) is 1.67. The van der Waals surface area contributed by atoms with Crippen molar-refractivity contribution >= 4 is 17.5 Å². The Bertz CT molecular complexity index is 514. The largest absolute Gasteiger partial charge is 0.477 e. The van der Waals surface area contributed by atoms with E-state index in [-0.39, 0.29) is 23.3 Å². The fraction of sp³-hybridized carbons (Fsp3) is 0.500. The Morgan fingerprint density at radius 1 is 1.60 bits per heavy atom. The van der Waals surface area contributed by atoms with Gasteiger partial charge in [0.25, 0.3) is 0 Å². The van der Waals surface area contributed by atoms with E-state index in [0.717, 1.165) is 31.6 Å². The summed E-state index contributed by atoms with van der Waals surface area (Å²) in [5.74, 6) is -1.24. The van der Waals surface area contributed by atoms with Crippen molar-refractivity contribution in [1.29, 1.82) is 0 Å². The van der Waals surface area contributed by atoms with Crippen LogP contribution in [-0.2, 0) is 4.74 Å². The molecule has 0 radical (unpaired) electrons. The smallest absolute Gasteiger partial charge is 0.354 e. The van der Waals surface area contributed by atoms with Gasteiger partial charge in [-0.3, -0.25) is 10.1 Å². The van der Waals surface area contributed by atoms with Gasteiger partial charge in [0, 0.05) is 19.2 Å². The molecule has 0 bridgehead atoms. The van der Waals surface area contributed by atoms with Gasteiger partial charge in [-0.2, -0.15) is 0 Å². The molecule has 1 aliphatic heterocycles. The van der Waals surface area contributed by atoms with Gasteiger partial charge in [0.15, 0.2) is 5.69 Å². The summed E-state index contributed by atoms with van der Waals surface area (Å²) in [6, 6.07) is 2.26. The van der Waals surface area contributed by atoms with E-state index in [2.05, 4.69) is 10.3 Å². The Morgan fingerprint density at radius 2 is 2.40 bits per heavy atom. The first-order chi connectivity index (χ1) is 9.58. The number of nitrogens with zero attached hydrogens (tertiary/aromatic N) is 2. The molecule has 2 N–H and O–H groups in total. The molecule has 1 aromatic heterocycles. The van der Waals surface area contributed by atoms with Crippen LogP contribution in [0.5, 0.6) is 0 Å². The Labute approximate surface area is 114 Å². The second-order valence-corrected chi connectivity index (χ2v) is 4.48. The first-order valence-electron chi connectivity index (χ1n) is 6.32. The third-order valence-corrected chi connectivity index (χ3v) is 3.07. The molecule has 1 aliphatic rings. The highest BCUT2D eigenvalue weighted by atomic mass is 16.6. The summed E-state index contributed by atoms with van der Waals surface area (Å²) in [5, 5.41) is 22.6. The van der Waals surface area contributed by atoms with E-state index < -0.39 is 10.9 Å². The average molecular weight is 281 g/mol. The van der Waals surface area contributed by atoms with E-state index in [1.165, 1.54) is 0 Å². The molecular weight excluding hydrogens is 266 g/mol. The van der Waals surface area contributed by atoms with E-state index in [9.17, 15) is 14.9 Å². The standard InChI is InChI=1S/C12H15N3O5/c16-12(17)9-3-4-10(15(18)19)11(14-9)13-6-5-8-2-1-7-20-8/h3-4,8H,1-2,5-7H2,(H,13,14)(H,16,17). The quantitative estimate of drug-likeness (QED) is 0.602. The highest BCUT2D eigenvalue weighted by molar-refractivity contribution is 5.86. The molecule has 20 heavy (non-hydrogen) atoms. The van der Waals surface area contributed by atoms with E-state index in [1.54, 1.807) is 0 Å². The number of ether oxygens (including phenoxy) is 1. The molecule has 0 aliphatic carbocycles. The molecule has 1 aromatic rings. The van der Waals surface area contributed by atoms with Crippen molar-refractivity contribution < 1.29 is 19.6 Å². The zero-order valence-electron chi connectivity index (χ0n) is 10.7. The maximum atomic E-state index is 10.9. The number of nitrogens with one attached hydrogen (secondary N) is 1. The predicted molar refractivity (Wildman–Crippen MR) is 69.9 cm³/mol. The number of rotatable bonds is 6. The fourth-order valence-corrected chi connectivity index (χ4v) is 2.07. The second-order valence-electron chi connectivity index (χ2n) is 4.48. The lowest BCUT2D eigenvalue weighted by atomic mass is 10.2. The van der Waals surface area contributed by atoms with Crippen molar-refractivity contribution in [2.75, 3.05) is 18.5 Å². The molecule has 1 fully saturated rings. The normalized spacial score (nSPS) is 17.9. The van der Waals surface area contributed by atoms with Crippen LogP contribution in [0.3, 0.4) is 0 Å². The number of anilines is 1. The molecule has 1 unspecified atom stereocenters. The summed E-state index contributed by atoms with van der Waals surface area (Å²) in [7, 11) is 0. The molecule has 108 valence electrons. The Hall–Kier alpha value is -2.22. The maximum Gasteiger partial charge on any atom is 0.354 e. The highest BCUT2D eigenvalue weighted by Crippen LogP contribution is 2.23. The molecule has 0 saturated carbocycles. The first-order valence-corrected chi connectivity index (χ1v) is 6.32. The number of hydrogen-bond donors (Lipinski definition) is 2. The van der Waals surface area contributed by atoms with Crippen molar-refractivity contribution in [1.82, 2.24) is 4.98 Å². The zero-order valence-corrected chi connectivity index (χ0v) is 10.7. The van der Waals surface area contributed by atoms with E-state index in [1.807, 2.05) is 0 Å². The van der Waals surface area contributed by atoms with Gasteiger partial charge in [-0.05, 0) is 25.3 Å². The summed E-state index contributed by atoms with van der Waals surface area (Å²) in [6.45, 7) is 1.19. The summed E-state index contributed by atoms with van der Waals surface area (Å²) in [4.78, 5) is 24.9. The van der Waals surface area contributed by atoms with Crippen LogP contribution in [0.25, 0.3) is 0 Å². The van der Waals surface area contributed by atoms with Crippen molar-refractivity contribution in [3.63, 3.8) is 0 Å². The molecule has 2 heterocycles. The molecule has 1 saturated heterocycles. The number of aromatic nitrogens is 1. The number of carboxylic acids is 1. The third-order valence-electron chi connectivity index (χ3n) is 3.07. The third kappa shape index (κ3) is 3.41. The second kappa shape index (κ2) is 6.29. The van der Waals surface area contributed by atoms with Crippen molar-refractivity contribution in [3.8, 4) is 0 Å². The van der Waals surface area contributed by atoms with Gasteiger partial charge < -0.3 is 15.2 Å². The number of aromatic carboxylic acids is 1. The summed E-state index contributed by atoms with van der Waals surface area (Å²) >= 11 is 0. The topological polar surface area (TPSA) is 115 Å². The van der Waals surface area contributed by atoms with Crippen molar-refractivity contribution in [3.05, 3.63) is 27.9 Å². The van der Waals surface area contributed by atoms with Crippen molar-refractivity contribution in [2.45, 2.75) is 25.4 Å². The van der Waals surface area contributed by atoms with Gasteiger partial charge >= 0.3 is 11.7 Å². The minimum atomic E-state index is -1.22. The van der Waals surface area contributed by atoms with Crippen LogP contribution in [0.1, 0.15) is 29.8 Å². The minimum absolute atomic E-state index is 0.0205. The summed E-state index contributed by atoms with van der Waals surface area (Å²) in [5.41, 5.74) is -0.461. The number of nitro groups is 1. The lowest BCUT2D eigenvalue weighted by Gasteiger charge is -2.10. The fourth-order valence-electron chi connectivity index (χ4n) is 2.07. The van der Waals surface area contributed by atoms with Gasteiger partial charge in [-0.15, -0.1) is 0 Å². The molecule has 0 spiro atoms. The monoisotopic (exact) mass is 281 g/mol. The van der Waals surface area contributed by atoms with Gasteiger partial charge in [-0.25, -0.2) is 9.78 Å². The lowest BCUT2D eigenvalue weighted by Crippen LogP contribution is -2.15. The minimum Gasteiger partial charge on any atom is -0.477 e. The number of carbonyl (C=O) groups is 1. The molecule has 2 rings (SSSR count). The maximum absolute atomic E-state index is 10.9. The van der Waals surface area contributed by atoms with Crippen LogP contribution < -0.4 is 5.32 Å². The van der Waals surface area contributed by atoms with Crippen LogP contribution in [-0.4, -0.2) is 40.2 Å². The SMILES string of the molecule is O=C(O)c1ccc([N+](=O)[O-])c(NCCC2CCCO2)n1. The first kappa shape index (κ1) is 14.2. The van der Waals surface area contributed by atoms with Crippen LogP contribution >= 0.6 is 0 Å². The molecule has 8 nitrogen and oxygen atoms in total. The Morgan fingerprint density at radius 3 is 3.00 bits per heavy atom.